The van der Waals surface area contributed by atoms with E-state index < -0.39 is 0 Å². The van der Waals surface area contributed by atoms with Crippen LogP contribution < -0.4 is 5.32 Å². The molecule has 0 bridgehead atoms. The van der Waals surface area contributed by atoms with Crippen molar-refractivity contribution < 1.29 is 0 Å². The van der Waals surface area contributed by atoms with E-state index in [0.717, 1.165) is 5.56 Å². The van der Waals surface area contributed by atoms with Gasteiger partial charge < -0.3 is 5.32 Å². The Labute approximate surface area is 73.1 Å². The second-order valence-electron chi connectivity index (χ2n) is 2.88. The summed E-state index contributed by atoms with van der Waals surface area (Å²) in [6, 6.07) is 0.408. The third-order valence-electron chi connectivity index (χ3n) is 1.76. The summed E-state index contributed by atoms with van der Waals surface area (Å²) in [7, 11) is 3.86. The van der Waals surface area contributed by atoms with Crippen LogP contribution in [0, 0.1) is 0 Å². The summed E-state index contributed by atoms with van der Waals surface area (Å²) < 4.78 is 1.80. The predicted molar refractivity (Wildman–Crippen MR) is 50.8 cm³/mol. The first-order valence-electron chi connectivity index (χ1n) is 4.06. The summed E-state index contributed by atoms with van der Waals surface area (Å²) in [6.07, 6.45) is 8.00. The molecule has 0 saturated heterocycles. The van der Waals surface area contributed by atoms with Crippen LogP contribution in [0.25, 0.3) is 6.08 Å². The monoisotopic (exact) mass is 165 g/mol. The van der Waals surface area contributed by atoms with Gasteiger partial charge in [0, 0.05) is 24.8 Å². The van der Waals surface area contributed by atoms with Gasteiger partial charge >= 0.3 is 0 Å². The van der Waals surface area contributed by atoms with Crippen molar-refractivity contribution in [2.75, 3.05) is 7.05 Å². The first-order valence-corrected chi connectivity index (χ1v) is 4.06. The van der Waals surface area contributed by atoms with Gasteiger partial charge in [-0.2, -0.15) is 5.10 Å². The molecule has 66 valence electrons. The first-order chi connectivity index (χ1) is 5.72. The van der Waals surface area contributed by atoms with Crippen molar-refractivity contribution in [1.29, 1.82) is 0 Å². The van der Waals surface area contributed by atoms with E-state index in [1.54, 1.807) is 4.68 Å². The Balaban J connectivity index is 2.57. The van der Waals surface area contributed by atoms with Crippen LogP contribution in [0.2, 0.25) is 0 Å². The minimum Gasteiger partial charge on any atom is -0.314 e. The second-order valence-corrected chi connectivity index (χ2v) is 2.88. The second kappa shape index (κ2) is 4.07. The van der Waals surface area contributed by atoms with Crippen LogP contribution in [0.5, 0.6) is 0 Å². The summed E-state index contributed by atoms with van der Waals surface area (Å²) in [5.41, 5.74) is 1.14. The summed E-state index contributed by atoms with van der Waals surface area (Å²) in [5.74, 6) is 0. The average molecular weight is 165 g/mol. The molecule has 0 radical (unpaired) electrons. The summed E-state index contributed by atoms with van der Waals surface area (Å²) in [4.78, 5) is 0. The molecule has 0 saturated carbocycles. The molecule has 1 aromatic rings. The number of likely N-dealkylation sites (N-methyl/N-ethyl adjacent to an activating group) is 1. The Morgan fingerprint density at radius 1 is 1.67 bits per heavy atom. The molecule has 3 nitrogen and oxygen atoms in total. The largest absolute Gasteiger partial charge is 0.314 e. The van der Waals surface area contributed by atoms with Gasteiger partial charge in [-0.05, 0) is 14.0 Å². The molecule has 0 fully saturated rings. The van der Waals surface area contributed by atoms with Crippen LogP contribution >= 0.6 is 0 Å². The van der Waals surface area contributed by atoms with Gasteiger partial charge in [0.2, 0.25) is 0 Å². The van der Waals surface area contributed by atoms with Gasteiger partial charge in [-0.25, -0.2) is 0 Å². The van der Waals surface area contributed by atoms with Gasteiger partial charge in [-0.1, -0.05) is 12.2 Å². The Morgan fingerprint density at radius 2 is 2.42 bits per heavy atom. The maximum atomic E-state index is 4.07. The number of nitrogens with zero attached hydrogens (tertiary/aromatic N) is 2. The molecule has 0 spiro atoms. The van der Waals surface area contributed by atoms with Crippen molar-refractivity contribution >= 4 is 6.08 Å². The maximum Gasteiger partial charge on any atom is 0.0562 e. The van der Waals surface area contributed by atoms with Gasteiger partial charge in [0.05, 0.1) is 6.20 Å². The lowest BCUT2D eigenvalue weighted by molar-refractivity contribution is 0.731. The highest BCUT2D eigenvalue weighted by atomic mass is 15.2. The number of aromatic nitrogens is 2. The van der Waals surface area contributed by atoms with Gasteiger partial charge in [0.1, 0.15) is 0 Å². The molecule has 0 aliphatic carbocycles. The van der Waals surface area contributed by atoms with Gasteiger partial charge in [0.25, 0.3) is 0 Å². The zero-order valence-corrected chi connectivity index (χ0v) is 7.78. The highest BCUT2D eigenvalue weighted by Crippen LogP contribution is 1.99. The zero-order chi connectivity index (χ0) is 8.97. The highest BCUT2D eigenvalue weighted by Gasteiger charge is 1.91. The van der Waals surface area contributed by atoms with E-state index in [0.29, 0.717) is 6.04 Å². The van der Waals surface area contributed by atoms with Crippen molar-refractivity contribution in [2.45, 2.75) is 13.0 Å². The Morgan fingerprint density at radius 3 is 2.92 bits per heavy atom. The highest BCUT2D eigenvalue weighted by molar-refractivity contribution is 5.47. The molecule has 12 heavy (non-hydrogen) atoms. The maximum absolute atomic E-state index is 4.07. The number of rotatable bonds is 3. The lowest BCUT2D eigenvalue weighted by Crippen LogP contribution is -2.17. The van der Waals surface area contributed by atoms with Crippen molar-refractivity contribution in [3.05, 3.63) is 24.0 Å². The van der Waals surface area contributed by atoms with Crippen molar-refractivity contribution in [3.63, 3.8) is 0 Å². The molecule has 3 heteroatoms. The molecule has 1 rings (SSSR count). The molecule has 1 heterocycles. The molecule has 0 amide bonds. The standard InChI is InChI=1S/C9H15N3/c1-8(10-2)4-5-9-6-11-12(3)7-9/h4-8,10H,1-3H3/b5-4+. The first kappa shape index (κ1) is 9.00. The third-order valence-corrected chi connectivity index (χ3v) is 1.76. The molecule has 0 aliphatic heterocycles. The zero-order valence-electron chi connectivity index (χ0n) is 7.78. The van der Waals surface area contributed by atoms with Gasteiger partial charge in [-0.3, -0.25) is 4.68 Å². The SMILES string of the molecule is CNC(C)/C=C/c1cnn(C)c1. The van der Waals surface area contributed by atoms with E-state index in [2.05, 4.69) is 29.5 Å². The fourth-order valence-corrected chi connectivity index (χ4v) is 0.878. The van der Waals surface area contributed by atoms with E-state index in [4.69, 9.17) is 0 Å². The number of hydrogen-bond donors (Lipinski definition) is 1. The normalized spacial score (nSPS) is 13.9. The fraction of sp³-hybridized carbons (Fsp3) is 0.444. The van der Waals surface area contributed by atoms with E-state index in [9.17, 15) is 0 Å². The van der Waals surface area contributed by atoms with Crippen LogP contribution in [0.15, 0.2) is 18.5 Å². The number of hydrogen-bond acceptors (Lipinski definition) is 2. The Kier molecular flexibility index (Phi) is 3.05. The summed E-state index contributed by atoms with van der Waals surface area (Å²) in [6.45, 7) is 2.10. The smallest absolute Gasteiger partial charge is 0.0562 e. The minimum atomic E-state index is 0.408. The quantitative estimate of drug-likeness (QED) is 0.725. The minimum absolute atomic E-state index is 0.408. The molecule has 1 unspecified atom stereocenters. The third kappa shape index (κ3) is 2.51. The Bertz CT molecular complexity index is 262. The number of nitrogens with one attached hydrogen (secondary N) is 1. The van der Waals surface area contributed by atoms with E-state index in [1.165, 1.54) is 0 Å². The molecule has 1 atom stereocenters. The van der Waals surface area contributed by atoms with Crippen molar-refractivity contribution in [3.8, 4) is 0 Å². The van der Waals surface area contributed by atoms with Crippen LogP contribution in [0.3, 0.4) is 0 Å². The molecular weight excluding hydrogens is 150 g/mol. The molecule has 1 aromatic heterocycles. The van der Waals surface area contributed by atoms with Crippen LogP contribution in [0.1, 0.15) is 12.5 Å². The summed E-state index contributed by atoms with van der Waals surface area (Å²) in [5, 5.41) is 7.19. The topological polar surface area (TPSA) is 29.9 Å². The lowest BCUT2D eigenvalue weighted by atomic mass is 10.2. The molecule has 0 aromatic carbocycles. The fourth-order valence-electron chi connectivity index (χ4n) is 0.878. The van der Waals surface area contributed by atoms with Gasteiger partial charge in [0.15, 0.2) is 0 Å². The van der Waals surface area contributed by atoms with Crippen molar-refractivity contribution in [2.24, 2.45) is 7.05 Å². The molecular formula is C9H15N3. The average Bonchev–Trinajstić information content (AvgIpc) is 2.47. The predicted octanol–water partition coefficient (Wildman–Crippen LogP) is 1.04. The van der Waals surface area contributed by atoms with Gasteiger partial charge in [-0.15, -0.1) is 0 Å². The van der Waals surface area contributed by atoms with E-state index >= 15 is 0 Å². The van der Waals surface area contributed by atoms with Crippen molar-refractivity contribution in [1.82, 2.24) is 15.1 Å². The van der Waals surface area contributed by atoms with E-state index in [1.807, 2.05) is 26.5 Å². The van der Waals surface area contributed by atoms with Crippen LogP contribution in [0.4, 0.5) is 0 Å². The van der Waals surface area contributed by atoms with E-state index in [-0.39, 0.29) is 0 Å². The molecule has 1 N–H and O–H groups in total. The van der Waals surface area contributed by atoms with Crippen LogP contribution in [-0.2, 0) is 7.05 Å². The number of aryl methyl sites for hydroxylation is 1. The Hall–Kier alpha value is -1.09. The summed E-state index contributed by atoms with van der Waals surface area (Å²) >= 11 is 0. The van der Waals surface area contributed by atoms with Crippen LogP contribution in [-0.4, -0.2) is 22.9 Å². The molecule has 0 aliphatic rings. The lowest BCUT2D eigenvalue weighted by Gasteiger charge is -2.00.